The molecule has 0 radical (unpaired) electrons. The molecule has 126 valence electrons. The number of nitrogens with one attached hydrogen (secondary N) is 1. The summed E-state index contributed by atoms with van der Waals surface area (Å²) >= 11 is 3.17. The fraction of sp³-hybridized carbons (Fsp3) is 0.0588. The lowest BCUT2D eigenvalue weighted by Gasteiger charge is -2.01. The molecule has 2 aromatic carbocycles. The molecule has 0 bridgehead atoms. The van der Waals surface area contributed by atoms with Crippen LogP contribution < -0.4 is 5.32 Å². The number of aromatic nitrogens is 1. The number of anilines is 1. The largest absolute Gasteiger partial charge is 0.322 e. The highest BCUT2D eigenvalue weighted by molar-refractivity contribution is 8.00. The minimum Gasteiger partial charge on any atom is -0.322 e. The molecule has 1 heterocycles. The molecule has 3 rings (SSSR count). The van der Waals surface area contributed by atoms with Crippen LogP contribution in [-0.4, -0.2) is 22.1 Å². The molecular formula is C17H13N3O3S2. The van der Waals surface area contributed by atoms with Crippen LogP contribution in [0.3, 0.4) is 0 Å². The molecule has 0 saturated carbocycles. The number of amides is 1. The third kappa shape index (κ3) is 4.23. The van der Waals surface area contributed by atoms with E-state index in [1.54, 1.807) is 41.3 Å². The molecule has 8 heteroatoms. The number of nitro groups is 1. The lowest BCUT2D eigenvalue weighted by molar-refractivity contribution is -0.384. The molecule has 1 aromatic heterocycles. The number of thioether (sulfide) groups is 1. The Bertz CT molecular complexity index is 965. The highest BCUT2D eigenvalue weighted by Crippen LogP contribution is 2.29. The minimum absolute atomic E-state index is 0.0177. The standard InChI is InChI=1S/C17H13N3O3S2/c1-24-17-19-14-8-5-12(10-15(14)25-17)18-16(21)9-4-11-2-6-13(7-3-11)20(22)23/h2-10H,1H3,(H,18,21). The van der Waals surface area contributed by atoms with Crippen LogP contribution in [0.2, 0.25) is 0 Å². The van der Waals surface area contributed by atoms with E-state index >= 15 is 0 Å². The van der Waals surface area contributed by atoms with Gasteiger partial charge in [0, 0.05) is 23.9 Å². The van der Waals surface area contributed by atoms with E-state index in [0.29, 0.717) is 11.3 Å². The van der Waals surface area contributed by atoms with Gasteiger partial charge in [-0.25, -0.2) is 4.98 Å². The molecule has 0 aliphatic rings. The molecule has 0 aliphatic carbocycles. The Morgan fingerprint density at radius 1 is 1.28 bits per heavy atom. The van der Waals surface area contributed by atoms with Crippen LogP contribution in [0.15, 0.2) is 52.9 Å². The number of benzene rings is 2. The first-order chi connectivity index (χ1) is 12.0. The van der Waals surface area contributed by atoms with Crippen LogP contribution in [0.1, 0.15) is 5.56 Å². The number of nitro benzene ring substituents is 1. The fourth-order valence-corrected chi connectivity index (χ4v) is 3.66. The van der Waals surface area contributed by atoms with Crippen molar-refractivity contribution < 1.29 is 9.72 Å². The summed E-state index contributed by atoms with van der Waals surface area (Å²) in [5.41, 5.74) is 2.34. The predicted octanol–water partition coefficient (Wildman–Crippen LogP) is 4.58. The number of thiazole rings is 1. The highest BCUT2D eigenvalue weighted by Gasteiger charge is 2.06. The number of hydrogen-bond donors (Lipinski definition) is 1. The molecule has 0 fully saturated rings. The monoisotopic (exact) mass is 371 g/mol. The molecule has 0 saturated heterocycles. The molecule has 0 atom stereocenters. The number of non-ortho nitro benzene ring substituents is 1. The van der Waals surface area contributed by atoms with E-state index in [4.69, 9.17) is 0 Å². The van der Waals surface area contributed by atoms with Crippen LogP contribution in [0.25, 0.3) is 16.3 Å². The first-order valence-corrected chi connectivity index (χ1v) is 9.27. The topological polar surface area (TPSA) is 85.1 Å². The summed E-state index contributed by atoms with van der Waals surface area (Å²) < 4.78 is 2.00. The second-order valence-corrected chi connectivity index (χ2v) is 7.12. The van der Waals surface area contributed by atoms with E-state index in [1.165, 1.54) is 18.2 Å². The summed E-state index contributed by atoms with van der Waals surface area (Å²) in [6.45, 7) is 0. The van der Waals surface area contributed by atoms with Gasteiger partial charge in [0.05, 0.1) is 15.1 Å². The van der Waals surface area contributed by atoms with Crippen molar-refractivity contribution in [1.82, 2.24) is 4.98 Å². The Morgan fingerprint density at radius 3 is 2.72 bits per heavy atom. The molecule has 1 N–H and O–H groups in total. The van der Waals surface area contributed by atoms with E-state index < -0.39 is 4.92 Å². The Morgan fingerprint density at radius 2 is 2.04 bits per heavy atom. The zero-order valence-corrected chi connectivity index (χ0v) is 14.8. The average Bonchev–Trinajstić information content (AvgIpc) is 3.02. The summed E-state index contributed by atoms with van der Waals surface area (Å²) in [7, 11) is 0. The molecular weight excluding hydrogens is 358 g/mol. The SMILES string of the molecule is CSc1nc2ccc(NC(=O)C=Cc3ccc([N+](=O)[O-])cc3)cc2s1. The number of carbonyl (C=O) groups is 1. The number of nitrogens with zero attached hydrogens (tertiary/aromatic N) is 2. The van der Waals surface area contributed by atoms with E-state index in [9.17, 15) is 14.9 Å². The maximum Gasteiger partial charge on any atom is 0.269 e. The second kappa shape index (κ2) is 7.45. The molecule has 0 unspecified atom stereocenters. The van der Waals surface area contributed by atoms with Gasteiger partial charge in [-0.15, -0.1) is 11.3 Å². The van der Waals surface area contributed by atoms with E-state index in [1.807, 2.05) is 24.5 Å². The van der Waals surface area contributed by atoms with Gasteiger partial charge in [0.2, 0.25) is 5.91 Å². The normalized spacial score (nSPS) is 11.1. The molecule has 0 spiro atoms. The first kappa shape index (κ1) is 17.1. The van der Waals surface area contributed by atoms with Crippen molar-refractivity contribution in [1.29, 1.82) is 0 Å². The van der Waals surface area contributed by atoms with Gasteiger partial charge in [0.1, 0.15) is 0 Å². The van der Waals surface area contributed by atoms with Crippen molar-refractivity contribution in [3.63, 3.8) is 0 Å². The zero-order valence-electron chi connectivity index (χ0n) is 13.1. The van der Waals surface area contributed by atoms with Crippen molar-refractivity contribution in [2.24, 2.45) is 0 Å². The number of fused-ring (bicyclic) bond motifs is 1. The van der Waals surface area contributed by atoms with E-state index in [-0.39, 0.29) is 11.6 Å². The minimum atomic E-state index is -0.460. The van der Waals surface area contributed by atoms with Gasteiger partial charge in [-0.3, -0.25) is 14.9 Å². The molecule has 0 aliphatic heterocycles. The van der Waals surface area contributed by atoms with Gasteiger partial charge < -0.3 is 5.32 Å². The maximum absolute atomic E-state index is 12.0. The predicted molar refractivity (Wildman–Crippen MR) is 102 cm³/mol. The lowest BCUT2D eigenvalue weighted by Crippen LogP contribution is -2.07. The van der Waals surface area contributed by atoms with Crippen molar-refractivity contribution in [2.45, 2.75) is 4.34 Å². The summed E-state index contributed by atoms with van der Waals surface area (Å²) in [6.07, 6.45) is 4.98. The first-order valence-electron chi connectivity index (χ1n) is 7.23. The Labute approximate surface area is 151 Å². The van der Waals surface area contributed by atoms with Crippen molar-refractivity contribution >= 4 is 56.7 Å². The van der Waals surface area contributed by atoms with Gasteiger partial charge in [-0.1, -0.05) is 11.8 Å². The van der Waals surface area contributed by atoms with Crippen LogP contribution in [0, 0.1) is 10.1 Å². The van der Waals surface area contributed by atoms with Crippen LogP contribution in [0.4, 0.5) is 11.4 Å². The van der Waals surface area contributed by atoms with Gasteiger partial charge in [-0.05, 0) is 48.2 Å². The smallest absolute Gasteiger partial charge is 0.269 e. The highest BCUT2D eigenvalue weighted by atomic mass is 32.2. The molecule has 3 aromatic rings. The summed E-state index contributed by atoms with van der Waals surface area (Å²) in [6, 6.07) is 11.6. The summed E-state index contributed by atoms with van der Waals surface area (Å²) in [5, 5.41) is 13.4. The third-order valence-corrected chi connectivity index (χ3v) is 5.35. The number of carbonyl (C=O) groups excluding carboxylic acids is 1. The lowest BCUT2D eigenvalue weighted by atomic mass is 10.2. The van der Waals surface area contributed by atoms with Gasteiger partial charge in [-0.2, -0.15) is 0 Å². The van der Waals surface area contributed by atoms with Crippen molar-refractivity contribution in [2.75, 3.05) is 11.6 Å². The van der Waals surface area contributed by atoms with Crippen molar-refractivity contribution in [3.8, 4) is 0 Å². The van der Waals surface area contributed by atoms with Gasteiger partial charge >= 0.3 is 0 Å². The quantitative estimate of drug-likeness (QED) is 0.307. The third-order valence-electron chi connectivity index (χ3n) is 3.34. The van der Waals surface area contributed by atoms with Gasteiger partial charge in [0.25, 0.3) is 5.69 Å². The van der Waals surface area contributed by atoms with Crippen LogP contribution in [-0.2, 0) is 4.79 Å². The second-order valence-electron chi connectivity index (χ2n) is 5.04. The van der Waals surface area contributed by atoms with Crippen molar-refractivity contribution in [3.05, 3.63) is 64.2 Å². The Kier molecular flexibility index (Phi) is 5.11. The van der Waals surface area contributed by atoms with Crippen LogP contribution >= 0.6 is 23.1 Å². The Hall–Kier alpha value is -2.71. The summed E-state index contributed by atoms with van der Waals surface area (Å²) in [5.74, 6) is -0.271. The van der Waals surface area contributed by atoms with E-state index in [2.05, 4.69) is 10.3 Å². The zero-order chi connectivity index (χ0) is 17.8. The molecule has 1 amide bonds. The number of rotatable bonds is 5. The molecule has 6 nitrogen and oxygen atoms in total. The number of hydrogen-bond acceptors (Lipinski definition) is 6. The molecule has 25 heavy (non-hydrogen) atoms. The Balaban J connectivity index is 1.68. The maximum atomic E-state index is 12.0. The van der Waals surface area contributed by atoms with Gasteiger partial charge in [0.15, 0.2) is 4.34 Å². The van der Waals surface area contributed by atoms with E-state index in [0.717, 1.165) is 14.6 Å². The fourth-order valence-electron chi connectivity index (χ4n) is 2.13. The average molecular weight is 371 g/mol. The summed E-state index contributed by atoms with van der Waals surface area (Å²) in [4.78, 5) is 26.6. The van der Waals surface area contributed by atoms with Crippen LogP contribution in [0.5, 0.6) is 0 Å².